The van der Waals surface area contributed by atoms with Crippen LogP contribution in [-0.4, -0.2) is 16.8 Å². The van der Waals surface area contributed by atoms with Crippen LogP contribution in [0.25, 0.3) is 0 Å². The van der Waals surface area contributed by atoms with E-state index < -0.39 is 0 Å². The summed E-state index contributed by atoms with van der Waals surface area (Å²) in [5.41, 5.74) is 0. The van der Waals surface area contributed by atoms with E-state index in [-0.39, 0.29) is 0 Å². The van der Waals surface area contributed by atoms with Crippen molar-refractivity contribution in [2.24, 2.45) is 0 Å². The second kappa shape index (κ2) is 38.0. The van der Waals surface area contributed by atoms with Gasteiger partial charge in [0.2, 0.25) is 0 Å². The summed E-state index contributed by atoms with van der Waals surface area (Å²) < 4.78 is 7.19. The quantitative estimate of drug-likeness (QED) is 0.0320. The van der Waals surface area contributed by atoms with Crippen LogP contribution in [0.4, 0.5) is 0 Å². The molecule has 60 heavy (non-hydrogen) atoms. The Morgan fingerprint density at radius 1 is 0.317 bits per heavy atom. The number of thioether (sulfide) groups is 3. The van der Waals surface area contributed by atoms with Crippen molar-refractivity contribution in [2.75, 3.05) is 11.5 Å². The van der Waals surface area contributed by atoms with E-state index in [1.165, 1.54) is 207 Å². The molecule has 0 saturated heterocycles. The third-order valence-electron chi connectivity index (χ3n) is 12.1. The van der Waals surface area contributed by atoms with Gasteiger partial charge in [-0.05, 0) is 19.3 Å². The molecule has 338 valence electrons. The Morgan fingerprint density at radius 2 is 0.550 bits per heavy atom. The zero-order valence-corrected chi connectivity index (χ0v) is 41.8. The fourth-order valence-corrected chi connectivity index (χ4v) is 11.5. The number of unbranched alkanes of at least 4 members (excludes halogenated alkanes) is 27. The van der Waals surface area contributed by atoms with Gasteiger partial charge >= 0.3 is 0 Å². The molecule has 3 nitrogen and oxygen atoms in total. The highest BCUT2D eigenvalue weighted by molar-refractivity contribution is 8.05. The van der Waals surface area contributed by atoms with Crippen molar-refractivity contribution in [3.05, 3.63) is 73.6 Å². The van der Waals surface area contributed by atoms with Crippen LogP contribution in [0.5, 0.6) is 0 Å². The number of rotatable bonds is 41. The maximum atomic E-state index is 2.40. The van der Waals surface area contributed by atoms with Crippen LogP contribution in [-0.2, 0) is 19.6 Å². The highest BCUT2D eigenvalue weighted by Gasteiger charge is 2.15. The molecule has 0 radical (unpaired) electrons. The van der Waals surface area contributed by atoms with Crippen LogP contribution in [0.3, 0.4) is 0 Å². The molecule has 0 fully saturated rings. The van der Waals surface area contributed by atoms with E-state index in [1.807, 2.05) is 23.5 Å². The molecule has 0 atom stereocenters. The van der Waals surface area contributed by atoms with Crippen molar-refractivity contribution in [1.82, 2.24) is 0 Å². The molecule has 0 aliphatic heterocycles. The maximum absolute atomic E-state index is 2.40. The van der Waals surface area contributed by atoms with Crippen molar-refractivity contribution in [2.45, 2.75) is 253 Å². The van der Waals surface area contributed by atoms with E-state index in [0.29, 0.717) is 5.25 Å². The van der Waals surface area contributed by atoms with Gasteiger partial charge in [-0.3, -0.25) is 0 Å². The number of hydrogen-bond donors (Lipinski definition) is 0. The lowest BCUT2D eigenvalue weighted by Crippen LogP contribution is -2.32. The lowest BCUT2D eigenvalue weighted by atomic mass is 10.1. The van der Waals surface area contributed by atoms with E-state index in [9.17, 15) is 0 Å². The lowest BCUT2D eigenvalue weighted by molar-refractivity contribution is -0.697. The van der Waals surface area contributed by atoms with Gasteiger partial charge in [-0.15, -0.1) is 35.3 Å². The number of aryl methyl sites for hydroxylation is 3. The summed E-state index contributed by atoms with van der Waals surface area (Å²) in [6, 6.07) is 14.1. The Morgan fingerprint density at radius 3 is 0.817 bits per heavy atom. The molecule has 0 amide bonds. The molecule has 6 heteroatoms. The standard InChI is InChI=1S/C54H92N3S3/c1-4-7-10-13-16-19-22-25-28-31-40-55-43-34-51(35-44-55)58-49-54(60-53-38-47-57(48-39-53)42-33-30-27-24-21-18-15-12-9-6-3)50-59-52-36-45-56(46-37-52)41-32-29-26-23-20-17-14-11-8-5-2/h34-39,43-48,54H,4-33,40-42,49-50H2,1-3H3/q+3. The Bertz CT molecular complexity index is 1290. The van der Waals surface area contributed by atoms with Gasteiger partial charge in [-0.2, -0.15) is 0 Å². The number of hydrogen-bond acceptors (Lipinski definition) is 3. The highest BCUT2D eigenvalue weighted by Crippen LogP contribution is 2.32. The fourth-order valence-electron chi connectivity index (χ4n) is 8.08. The highest BCUT2D eigenvalue weighted by atomic mass is 32.2. The molecular formula is C54H92N3S3+3. The van der Waals surface area contributed by atoms with Crippen LogP contribution < -0.4 is 13.7 Å². The Balaban J connectivity index is 1.42. The molecule has 3 heterocycles. The summed E-state index contributed by atoms with van der Waals surface area (Å²) in [5.74, 6) is 2.22. The smallest absolute Gasteiger partial charge is 0.169 e. The first-order valence-electron chi connectivity index (χ1n) is 25.6. The van der Waals surface area contributed by atoms with Crippen LogP contribution in [0.1, 0.15) is 213 Å². The van der Waals surface area contributed by atoms with Gasteiger partial charge in [-0.1, -0.05) is 175 Å². The van der Waals surface area contributed by atoms with E-state index >= 15 is 0 Å². The van der Waals surface area contributed by atoms with Crippen molar-refractivity contribution in [3.63, 3.8) is 0 Å². The monoisotopic (exact) mass is 879 g/mol. The van der Waals surface area contributed by atoms with Gasteiger partial charge in [0.25, 0.3) is 0 Å². The van der Waals surface area contributed by atoms with E-state index in [0.717, 1.165) is 31.1 Å². The zero-order chi connectivity index (χ0) is 42.4. The molecular weight excluding hydrogens is 787 g/mol. The van der Waals surface area contributed by atoms with Gasteiger partial charge in [0.05, 0.1) is 0 Å². The number of aromatic nitrogens is 3. The summed E-state index contributed by atoms with van der Waals surface area (Å²) in [5, 5.41) is 0.524. The normalized spacial score (nSPS) is 11.6. The van der Waals surface area contributed by atoms with E-state index in [4.69, 9.17) is 0 Å². The Kier molecular flexibility index (Phi) is 33.5. The topological polar surface area (TPSA) is 11.6 Å². The van der Waals surface area contributed by atoms with Gasteiger partial charge in [0.15, 0.2) is 37.2 Å². The van der Waals surface area contributed by atoms with E-state index in [1.54, 1.807) is 0 Å². The molecule has 0 saturated carbocycles. The van der Waals surface area contributed by atoms with Crippen LogP contribution in [0.2, 0.25) is 0 Å². The summed E-state index contributed by atoms with van der Waals surface area (Å²) in [6.45, 7) is 10.3. The molecule has 0 aromatic carbocycles. The average molecular weight is 880 g/mol. The van der Waals surface area contributed by atoms with Gasteiger partial charge < -0.3 is 0 Å². The lowest BCUT2D eigenvalue weighted by Gasteiger charge is -2.16. The minimum absolute atomic E-state index is 0.524. The van der Waals surface area contributed by atoms with Crippen molar-refractivity contribution >= 4 is 35.3 Å². The van der Waals surface area contributed by atoms with Crippen molar-refractivity contribution in [1.29, 1.82) is 0 Å². The van der Waals surface area contributed by atoms with Crippen LogP contribution >= 0.6 is 35.3 Å². The number of pyridine rings is 3. The molecule has 0 aliphatic rings. The Hall–Kier alpha value is -1.50. The molecule has 0 unspecified atom stereocenters. The second-order valence-corrected chi connectivity index (χ2v) is 21.3. The fraction of sp³-hybridized carbons (Fsp3) is 0.722. The van der Waals surface area contributed by atoms with Gasteiger partial charge in [0, 0.05) is 87.1 Å². The second-order valence-electron chi connectivity index (χ2n) is 17.7. The molecule has 3 rings (SSSR count). The molecule has 0 aliphatic carbocycles. The molecule has 3 aromatic rings. The minimum Gasteiger partial charge on any atom is -0.205 e. The largest absolute Gasteiger partial charge is 0.205 e. The summed E-state index contributed by atoms with van der Waals surface area (Å²) in [4.78, 5) is 4.17. The Labute approximate surface area is 384 Å². The summed E-state index contributed by atoms with van der Waals surface area (Å²) in [6.07, 6.45) is 55.7. The predicted octanol–water partition coefficient (Wildman–Crippen LogP) is 16.4. The van der Waals surface area contributed by atoms with Crippen molar-refractivity contribution < 1.29 is 13.7 Å². The van der Waals surface area contributed by atoms with Crippen LogP contribution in [0.15, 0.2) is 88.3 Å². The zero-order valence-electron chi connectivity index (χ0n) is 39.3. The first-order chi connectivity index (χ1) is 29.7. The first kappa shape index (κ1) is 52.8. The van der Waals surface area contributed by atoms with Gasteiger partial charge in [-0.25, -0.2) is 13.7 Å². The third-order valence-corrected chi connectivity index (χ3v) is 16.0. The van der Waals surface area contributed by atoms with Gasteiger partial charge in [0.1, 0.15) is 19.6 Å². The van der Waals surface area contributed by atoms with Crippen molar-refractivity contribution in [3.8, 4) is 0 Å². The maximum Gasteiger partial charge on any atom is 0.169 e. The summed E-state index contributed by atoms with van der Waals surface area (Å²) >= 11 is 6.13. The number of nitrogens with zero attached hydrogens (tertiary/aromatic N) is 3. The molecule has 3 aromatic heterocycles. The average Bonchev–Trinajstić information content (AvgIpc) is 3.28. The third kappa shape index (κ3) is 28.2. The minimum atomic E-state index is 0.524. The SMILES string of the molecule is CCCCCCCCCCCC[n+]1ccc(SCC(CSc2cc[n+](CCCCCCCCCCCC)cc2)Sc2cc[n+](CCCCCCCCCCCC)cc2)cc1. The molecule has 0 spiro atoms. The predicted molar refractivity (Wildman–Crippen MR) is 267 cm³/mol. The summed E-state index contributed by atoms with van der Waals surface area (Å²) in [7, 11) is 0. The molecule has 0 bridgehead atoms. The van der Waals surface area contributed by atoms with Crippen LogP contribution in [0, 0.1) is 0 Å². The first-order valence-corrected chi connectivity index (χ1v) is 28.4. The van der Waals surface area contributed by atoms with E-state index in [2.05, 4.69) is 120 Å². The molecule has 0 N–H and O–H groups in total.